The van der Waals surface area contributed by atoms with E-state index in [-0.39, 0.29) is 17.8 Å². The second kappa shape index (κ2) is 8.11. The number of alkyl halides is 3. The van der Waals surface area contributed by atoms with Gasteiger partial charge in [0.05, 0.1) is 13.2 Å². The van der Waals surface area contributed by atoms with E-state index in [1.165, 1.54) is 12.1 Å². The molecule has 1 aromatic heterocycles. The summed E-state index contributed by atoms with van der Waals surface area (Å²) in [6.07, 6.45) is -2.20. The van der Waals surface area contributed by atoms with Gasteiger partial charge in [-0.1, -0.05) is 0 Å². The van der Waals surface area contributed by atoms with Gasteiger partial charge in [-0.25, -0.2) is 9.37 Å². The van der Waals surface area contributed by atoms with Crippen LogP contribution in [0.2, 0.25) is 0 Å². The van der Waals surface area contributed by atoms with Crippen molar-refractivity contribution in [2.75, 3.05) is 36.9 Å². The highest BCUT2D eigenvalue weighted by Crippen LogP contribution is 2.36. The van der Waals surface area contributed by atoms with Crippen molar-refractivity contribution in [2.24, 2.45) is 0 Å². The number of nitrogens with one attached hydrogen (secondary N) is 2. The van der Waals surface area contributed by atoms with Crippen LogP contribution >= 0.6 is 0 Å². The summed E-state index contributed by atoms with van der Waals surface area (Å²) in [6, 6.07) is 4.44. The molecule has 1 aromatic carbocycles. The van der Waals surface area contributed by atoms with Crippen molar-refractivity contribution in [3.8, 4) is 0 Å². The Morgan fingerprint density at radius 3 is 2.59 bits per heavy atom. The Morgan fingerprint density at radius 1 is 1.14 bits per heavy atom. The van der Waals surface area contributed by atoms with Crippen molar-refractivity contribution in [1.82, 2.24) is 14.9 Å². The van der Waals surface area contributed by atoms with E-state index in [0.29, 0.717) is 25.4 Å². The number of hydrogen-bond acceptors (Lipinski definition) is 6. The van der Waals surface area contributed by atoms with E-state index in [1.807, 2.05) is 0 Å². The molecule has 2 heterocycles. The molecule has 2 N–H and O–H groups in total. The Morgan fingerprint density at radius 2 is 1.90 bits per heavy atom. The maximum atomic E-state index is 14.1. The Labute approximate surface area is 165 Å². The number of ether oxygens (including phenoxy) is 1. The van der Waals surface area contributed by atoms with E-state index in [9.17, 15) is 17.6 Å². The smallest absolute Gasteiger partial charge is 0.379 e. The minimum Gasteiger partial charge on any atom is -0.379 e. The molecular formula is C19H21F4N5O. The second-order valence-corrected chi connectivity index (χ2v) is 7.23. The van der Waals surface area contributed by atoms with Crippen LogP contribution in [0.3, 0.4) is 0 Å². The molecule has 2 aliphatic rings. The first kappa shape index (κ1) is 19.8. The van der Waals surface area contributed by atoms with Crippen LogP contribution < -0.4 is 10.6 Å². The zero-order valence-electron chi connectivity index (χ0n) is 15.6. The minimum atomic E-state index is -4.56. The quantitative estimate of drug-likeness (QED) is 0.706. The van der Waals surface area contributed by atoms with E-state index in [2.05, 4.69) is 25.5 Å². The lowest BCUT2D eigenvalue weighted by molar-refractivity contribution is -0.137. The second-order valence-electron chi connectivity index (χ2n) is 7.23. The molecule has 6 nitrogen and oxygen atoms in total. The summed E-state index contributed by atoms with van der Waals surface area (Å²) in [5, 5.41) is 5.61. The summed E-state index contributed by atoms with van der Waals surface area (Å²) in [7, 11) is 0. The highest BCUT2D eigenvalue weighted by Gasteiger charge is 2.36. The Bertz CT molecular complexity index is 866. The molecule has 0 bridgehead atoms. The van der Waals surface area contributed by atoms with Gasteiger partial charge in [-0.3, -0.25) is 4.90 Å². The molecule has 29 heavy (non-hydrogen) atoms. The molecule has 0 amide bonds. The van der Waals surface area contributed by atoms with Crippen LogP contribution in [0.4, 0.5) is 35.0 Å². The average Bonchev–Trinajstić information content (AvgIpc) is 3.45. The van der Waals surface area contributed by atoms with Crippen LogP contribution in [-0.2, 0) is 17.5 Å². The van der Waals surface area contributed by atoms with Crippen molar-refractivity contribution in [1.29, 1.82) is 0 Å². The van der Waals surface area contributed by atoms with Gasteiger partial charge >= 0.3 is 6.18 Å². The lowest BCUT2D eigenvalue weighted by Gasteiger charge is -2.26. The summed E-state index contributed by atoms with van der Waals surface area (Å²) in [4.78, 5) is 9.91. The molecular weight excluding hydrogens is 390 g/mol. The zero-order chi connectivity index (χ0) is 20.4. The van der Waals surface area contributed by atoms with Gasteiger partial charge in [-0.15, -0.1) is 0 Å². The molecule has 0 unspecified atom stereocenters. The van der Waals surface area contributed by atoms with E-state index in [4.69, 9.17) is 4.74 Å². The third kappa shape index (κ3) is 5.33. The first-order valence-electron chi connectivity index (χ1n) is 9.44. The Balaban J connectivity index is 1.53. The highest BCUT2D eigenvalue weighted by molar-refractivity contribution is 5.58. The fraction of sp³-hybridized carbons (Fsp3) is 0.474. The molecule has 2 fully saturated rings. The fourth-order valence-electron chi connectivity index (χ4n) is 3.14. The molecule has 1 saturated heterocycles. The minimum absolute atomic E-state index is 0.00635. The van der Waals surface area contributed by atoms with E-state index in [0.717, 1.165) is 37.7 Å². The highest BCUT2D eigenvalue weighted by atomic mass is 19.4. The SMILES string of the molecule is Fc1cc(CN2CCOCC2)cc(Nc2ncc(C(F)(F)F)c(NC3CC3)n2)c1. The number of rotatable bonds is 6. The van der Waals surface area contributed by atoms with Gasteiger partial charge in [0.1, 0.15) is 17.2 Å². The average molecular weight is 411 g/mol. The van der Waals surface area contributed by atoms with Gasteiger partial charge < -0.3 is 15.4 Å². The van der Waals surface area contributed by atoms with Crippen molar-refractivity contribution in [2.45, 2.75) is 31.6 Å². The topological polar surface area (TPSA) is 62.3 Å². The summed E-state index contributed by atoms with van der Waals surface area (Å²) in [5.74, 6) is -0.729. The number of benzene rings is 1. The molecule has 1 saturated carbocycles. The maximum Gasteiger partial charge on any atom is 0.421 e. The molecule has 0 atom stereocenters. The molecule has 0 spiro atoms. The van der Waals surface area contributed by atoms with E-state index < -0.39 is 17.6 Å². The standard InChI is InChI=1S/C19H21F4N5O/c20-13-7-12(11-28-3-5-29-6-4-28)8-15(9-13)26-18-24-10-16(19(21,22)23)17(27-18)25-14-1-2-14/h7-10,14H,1-6,11H2,(H2,24,25,26,27). The number of morpholine rings is 1. The largest absolute Gasteiger partial charge is 0.421 e. The summed E-state index contributed by atoms with van der Waals surface area (Å²) < 4.78 is 59.0. The summed E-state index contributed by atoms with van der Waals surface area (Å²) in [6.45, 7) is 3.35. The molecule has 156 valence electrons. The number of halogens is 4. The molecule has 0 radical (unpaired) electrons. The van der Waals surface area contributed by atoms with Crippen LogP contribution in [-0.4, -0.2) is 47.2 Å². The fourth-order valence-corrected chi connectivity index (χ4v) is 3.14. The predicted octanol–water partition coefficient (Wildman–Crippen LogP) is 3.78. The van der Waals surface area contributed by atoms with Gasteiger partial charge in [-0.2, -0.15) is 18.2 Å². The molecule has 2 aromatic rings. The van der Waals surface area contributed by atoms with Gasteiger partial charge in [0.25, 0.3) is 0 Å². The predicted molar refractivity (Wildman–Crippen MR) is 99.5 cm³/mol. The van der Waals surface area contributed by atoms with E-state index in [1.54, 1.807) is 6.07 Å². The van der Waals surface area contributed by atoms with Crippen molar-refractivity contribution in [3.63, 3.8) is 0 Å². The van der Waals surface area contributed by atoms with Crippen LogP contribution in [0, 0.1) is 5.82 Å². The first-order chi connectivity index (χ1) is 13.9. The van der Waals surface area contributed by atoms with E-state index >= 15 is 0 Å². The van der Waals surface area contributed by atoms with Crippen LogP contribution in [0.5, 0.6) is 0 Å². The van der Waals surface area contributed by atoms with Crippen molar-refractivity contribution in [3.05, 3.63) is 41.3 Å². The number of nitrogens with zero attached hydrogens (tertiary/aromatic N) is 3. The number of anilines is 3. The lowest BCUT2D eigenvalue weighted by atomic mass is 10.1. The molecule has 1 aliphatic carbocycles. The monoisotopic (exact) mass is 411 g/mol. The maximum absolute atomic E-state index is 14.1. The third-order valence-corrected chi connectivity index (χ3v) is 4.74. The summed E-state index contributed by atoms with van der Waals surface area (Å²) >= 11 is 0. The summed E-state index contributed by atoms with van der Waals surface area (Å²) in [5.41, 5.74) is 0.213. The van der Waals surface area contributed by atoms with Gasteiger partial charge in [0.2, 0.25) is 5.95 Å². The molecule has 4 rings (SSSR count). The number of hydrogen-bond donors (Lipinski definition) is 2. The van der Waals surface area contributed by atoms with Gasteiger partial charge in [-0.05, 0) is 36.6 Å². The van der Waals surface area contributed by atoms with Crippen LogP contribution in [0.1, 0.15) is 24.0 Å². The van der Waals surface area contributed by atoms with Crippen molar-refractivity contribution < 1.29 is 22.3 Å². The van der Waals surface area contributed by atoms with Crippen LogP contribution in [0.25, 0.3) is 0 Å². The van der Waals surface area contributed by atoms with Gasteiger partial charge in [0, 0.05) is 37.6 Å². The molecule has 10 heteroatoms. The third-order valence-electron chi connectivity index (χ3n) is 4.74. The van der Waals surface area contributed by atoms with Crippen LogP contribution in [0.15, 0.2) is 24.4 Å². The van der Waals surface area contributed by atoms with Gasteiger partial charge in [0.15, 0.2) is 0 Å². The number of aromatic nitrogens is 2. The Kier molecular flexibility index (Phi) is 5.55. The zero-order valence-corrected chi connectivity index (χ0v) is 15.6. The lowest BCUT2D eigenvalue weighted by Crippen LogP contribution is -2.35. The molecule has 1 aliphatic heterocycles. The Hall–Kier alpha value is -2.46. The van der Waals surface area contributed by atoms with Crippen molar-refractivity contribution >= 4 is 17.5 Å². The normalized spacial score (nSPS) is 17.9. The first-order valence-corrected chi connectivity index (χ1v) is 9.44.